The second-order valence-electron chi connectivity index (χ2n) is 6.16. The number of hydrogen-bond donors (Lipinski definition) is 2. The Balaban J connectivity index is 2.14. The molecule has 0 aromatic heterocycles. The predicted molar refractivity (Wildman–Crippen MR) is 86.6 cm³/mol. The third-order valence-corrected chi connectivity index (χ3v) is 5.03. The highest BCUT2D eigenvalue weighted by atomic mass is 15.0. The van der Waals surface area contributed by atoms with Crippen LogP contribution < -0.4 is 11.1 Å². The van der Waals surface area contributed by atoms with Crippen molar-refractivity contribution < 1.29 is 0 Å². The van der Waals surface area contributed by atoms with Crippen molar-refractivity contribution in [2.75, 3.05) is 6.54 Å². The van der Waals surface area contributed by atoms with Crippen LogP contribution in [0.4, 0.5) is 0 Å². The molecule has 3 unspecified atom stereocenters. The summed E-state index contributed by atoms with van der Waals surface area (Å²) < 4.78 is 0. The molecule has 3 atom stereocenters. The SMILES string of the molecule is CCC(CC)C(NC1CCCC1CN)c1ccccc1. The lowest BCUT2D eigenvalue weighted by Gasteiger charge is -2.32. The molecule has 3 N–H and O–H groups in total. The van der Waals surface area contributed by atoms with Crippen LogP contribution in [0.1, 0.15) is 57.6 Å². The summed E-state index contributed by atoms with van der Waals surface area (Å²) in [5.41, 5.74) is 7.37. The fourth-order valence-corrected chi connectivity index (χ4v) is 3.69. The van der Waals surface area contributed by atoms with E-state index in [4.69, 9.17) is 5.73 Å². The Kier molecular flexibility index (Phi) is 6.06. The van der Waals surface area contributed by atoms with Crippen molar-refractivity contribution in [3.8, 4) is 0 Å². The molecule has 0 spiro atoms. The second-order valence-corrected chi connectivity index (χ2v) is 6.16. The van der Waals surface area contributed by atoms with Crippen LogP contribution >= 0.6 is 0 Å². The fraction of sp³-hybridized carbons (Fsp3) is 0.667. The van der Waals surface area contributed by atoms with E-state index in [-0.39, 0.29) is 0 Å². The second kappa shape index (κ2) is 7.80. The normalized spacial score (nSPS) is 24.2. The zero-order chi connectivity index (χ0) is 14.4. The minimum absolute atomic E-state index is 0.475. The van der Waals surface area contributed by atoms with Gasteiger partial charge in [-0.1, -0.05) is 63.4 Å². The highest BCUT2D eigenvalue weighted by Gasteiger charge is 2.30. The molecular weight excluding hydrogens is 244 g/mol. The molecule has 112 valence electrons. The Bertz CT molecular complexity index is 372. The first-order valence-electron chi connectivity index (χ1n) is 8.31. The van der Waals surface area contributed by atoms with Gasteiger partial charge in [-0.05, 0) is 36.8 Å². The van der Waals surface area contributed by atoms with Crippen LogP contribution in [0.5, 0.6) is 0 Å². The van der Waals surface area contributed by atoms with Gasteiger partial charge in [-0.25, -0.2) is 0 Å². The maximum atomic E-state index is 5.94. The van der Waals surface area contributed by atoms with E-state index >= 15 is 0 Å². The third-order valence-electron chi connectivity index (χ3n) is 5.03. The summed E-state index contributed by atoms with van der Waals surface area (Å²) >= 11 is 0. The minimum Gasteiger partial charge on any atom is -0.330 e. The Morgan fingerprint density at radius 3 is 2.45 bits per heavy atom. The van der Waals surface area contributed by atoms with Crippen LogP contribution in [-0.4, -0.2) is 12.6 Å². The van der Waals surface area contributed by atoms with Gasteiger partial charge in [-0.2, -0.15) is 0 Å². The molecule has 0 saturated heterocycles. The van der Waals surface area contributed by atoms with E-state index in [2.05, 4.69) is 49.5 Å². The number of rotatable bonds is 7. The van der Waals surface area contributed by atoms with E-state index in [9.17, 15) is 0 Å². The molecule has 1 aliphatic carbocycles. The average Bonchev–Trinajstić information content (AvgIpc) is 2.95. The van der Waals surface area contributed by atoms with Gasteiger partial charge in [0.25, 0.3) is 0 Å². The van der Waals surface area contributed by atoms with E-state index in [0.717, 1.165) is 6.54 Å². The summed E-state index contributed by atoms with van der Waals surface area (Å²) in [5, 5.41) is 3.96. The zero-order valence-corrected chi connectivity index (χ0v) is 13.0. The fourth-order valence-electron chi connectivity index (χ4n) is 3.69. The molecule has 1 saturated carbocycles. The maximum Gasteiger partial charge on any atom is 0.0350 e. The Morgan fingerprint density at radius 2 is 1.85 bits per heavy atom. The monoisotopic (exact) mass is 274 g/mol. The van der Waals surface area contributed by atoms with E-state index in [1.807, 2.05) is 0 Å². The van der Waals surface area contributed by atoms with Gasteiger partial charge in [-0.15, -0.1) is 0 Å². The van der Waals surface area contributed by atoms with E-state index in [1.54, 1.807) is 0 Å². The van der Waals surface area contributed by atoms with Crippen molar-refractivity contribution in [1.82, 2.24) is 5.32 Å². The maximum absolute atomic E-state index is 5.94. The average molecular weight is 274 g/mol. The van der Waals surface area contributed by atoms with Crippen LogP contribution in [0.15, 0.2) is 30.3 Å². The van der Waals surface area contributed by atoms with E-state index in [1.165, 1.54) is 37.7 Å². The van der Waals surface area contributed by atoms with Crippen molar-refractivity contribution in [3.05, 3.63) is 35.9 Å². The van der Waals surface area contributed by atoms with Gasteiger partial charge in [0.2, 0.25) is 0 Å². The predicted octanol–water partition coefficient (Wildman–Crippen LogP) is 3.88. The zero-order valence-electron chi connectivity index (χ0n) is 13.0. The van der Waals surface area contributed by atoms with Gasteiger partial charge in [0.15, 0.2) is 0 Å². The molecule has 0 radical (unpaired) electrons. The Morgan fingerprint density at radius 1 is 1.15 bits per heavy atom. The summed E-state index contributed by atoms with van der Waals surface area (Å²) in [4.78, 5) is 0. The van der Waals surface area contributed by atoms with Crippen LogP contribution in [0, 0.1) is 11.8 Å². The number of nitrogens with two attached hydrogens (primary N) is 1. The molecule has 1 aromatic rings. The molecule has 1 aliphatic rings. The minimum atomic E-state index is 0.475. The molecule has 1 aromatic carbocycles. The topological polar surface area (TPSA) is 38.0 Å². The molecular formula is C18H30N2. The molecule has 0 amide bonds. The van der Waals surface area contributed by atoms with Crippen molar-refractivity contribution in [2.45, 2.75) is 58.0 Å². The van der Waals surface area contributed by atoms with Crippen LogP contribution in [0.25, 0.3) is 0 Å². The molecule has 2 nitrogen and oxygen atoms in total. The first-order valence-corrected chi connectivity index (χ1v) is 8.31. The summed E-state index contributed by atoms with van der Waals surface area (Å²) in [6.07, 6.45) is 6.35. The largest absolute Gasteiger partial charge is 0.330 e. The van der Waals surface area contributed by atoms with Gasteiger partial charge in [-0.3, -0.25) is 0 Å². The van der Waals surface area contributed by atoms with Crippen LogP contribution in [0.2, 0.25) is 0 Å². The molecule has 0 heterocycles. The van der Waals surface area contributed by atoms with Crippen molar-refractivity contribution in [1.29, 1.82) is 0 Å². The highest BCUT2D eigenvalue weighted by Crippen LogP contribution is 2.32. The van der Waals surface area contributed by atoms with E-state index < -0.39 is 0 Å². The quantitative estimate of drug-likeness (QED) is 0.792. The summed E-state index contributed by atoms with van der Waals surface area (Å²) in [6.45, 7) is 5.43. The van der Waals surface area contributed by atoms with Crippen LogP contribution in [0.3, 0.4) is 0 Å². The Hall–Kier alpha value is -0.860. The van der Waals surface area contributed by atoms with Gasteiger partial charge in [0.1, 0.15) is 0 Å². The van der Waals surface area contributed by atoms with Gasteiger partial charge < -0.3 is 11.1 Å². The molecule has 0 aliphatic heterocycles. The van der Waals surface area contributed by atoms with Crippen molar-refractivity contribution in [3.63, 3.8) is 0 Å². The first kappa shape index (κ1) is 15.5. The number of benzene rings is 1. The lowest BCUT2D eigenvalue weighted by molar-refractivity contribution is 0.280. The smallest absolute Gasteiger partial charge is 0.0350 e. The van der Waals surface area contributed by atoms with Crippen LogP contribution in [-0.2, 0) is 0 Å². The highest BCUT2D eigenvalue weighted by molar-refractivity contribution is 5.20. The molecule has 2 rings (SSSR count). The van der Waals surface area contributed by atoms with E-state index in [0.29, 0.717) is 23.9 Å². The summed E-state index contributed by atoms with van der Waals surface area (Å²) in [7, 11) is 0. The first-order chi connectivity index (χ1) is 9.80. The molecule has 0 bridgehead atoms. The molecule has 20 heavy (non-hydrogen) atoms. The van der Waals surface area contributed by atoms with Gasteiger partial charge >= 0.3 is 0 Å². The van der Waals surface area contributed by atoms with Gasteiger partial charge in [0, 0.05) is 12.1 Å². The van der Waals surface area contributed by atoms with Crippen molar-refractivity contribution >= 4 is 0 Å². The lowest BCUT2D eigenvalue weighted by atomic mass is 9.87. The van der Waals surface area contributed by atoms with Crippen molar-refractivity contribution in [2.24, 2.45) is 17.6 Å². The van der Waals surface area contributed by atoms with Gasteiger partial charge in [0.05, 0.1) is 0 Å². The third kappa shape index (κ3) is 3.62. The summed E-state index contributed by atoms with van der Waals surface area (Å²) in [6, 6.07) is 12.0. The number of nitrogens with one attached hydrogen (secondary N) is 1. The number of hydrogen-bond acceptors (Lipinski definition) is 2. The Labute approximate surface area is 124 Å². The standard InChI is InChI=1S/C18H30N2/c1-3-14(4-2)18(15-9-6-5-7-10-15)20-17-12-8-11-16(17)13-19/h5-7,9-10,14,16-18,20H,3-4,8,11-13,19H2,1-2H3. The lowest BCUT2D eigenvalue weighted by Crippen LogP contribution is -2.40. The summed E-state index contributed by atoms with van der Waals surface area (Å²) in [5.74, 6) is 1.37. The molecule has 1 fully saturated rings. The molecule has 2 heteroatoms.